The number of rotatable bonds is 7. The molecule has 17 heteroatoms. The number of ether oxygens (including phenoxy) is 5. The Morgan fingerprint density at radius 2 is 1.64 bits per heavy atom. The average molecular weight is 966 g/mol. The normalized spacial score (nSPS) is 38.8. The summed E-state index contributed by atoms with van der Waals surface area (Å²) in [6, 6.07) is -1.19. The van der Waals surface area contributed by atoms with E-state index >= 15 is 0 Å². The van der Waals surface area contributed by atoms with Gasteiger partial charge in [0.05, 0.1) is 24.4 Å². The third-order valence-electron chi connectivity index (χ3n) is 15.2. The van der Waals surface area contributed by atoms with Crippen LogP contribution < -0.4 is 0 Å². The largest absolute Gasteiger partial charge is 0.460 e. The van der Waals surface area contributed by atoms with E-state index in [1.54, 1.807) is 52.1 Å². The summed E-state index contributed by atoms with van der Waals surface area (Å²) < 4.78 is 31.6. The molecular weight excluding hydrogens is 887 g/mol. The number of aromatic nitrogens is 4. The van der Waals surface area contributed by atoms with Crippen LogP contribution in [0, 0.1) is 35.5 Å². The number of piperidine rings is 1. The van der Waals surface area contributed by atoms with Gasteiger partial charge in [-0.05, 0) is 117 Å². The SMILES string of the molecule is COC1C(=O)[C@@H](C)C[C@H](C)/C=C/C=C/C=C(\C)[C@@H](OC)C[C@@H]2CCC(C)C(O)(O2)C(=O)C(=O)N2CCCC[C@H]2C(=O)O[C@H]([C@H](C)CC2CC[C@H](n3cnnn3)C(OC)C2)CC(=O)[C@H](C)/C=C(\C)[C@H]1O. The summed E-state index contributed by atoms with van der Waals surface area (Å²) in [4.78, 5) is 72.3. The quantitative estimate of drug-likeness (QED) is 0.181. The van der Waals surface area contributed by atoms with Crippen molar-refractivity contribution in [2.45, 2.75) is 180 Å². The number of esters is 1. The smallest absolute Gasteiger partial charge is 0.329 e. The number of Topliss-reactive ketones (excluding diaryl/α,β-unsaturated/α-hetero) is 3. The van der Waals surface area contributed by atoms with E-state index in [1.807, 2.05) is 58.1 Å². The minimum Gasteiger partial charge on any atom is -0.460 e. The number of amides is 1. The lowest BCUT2D eigenvalue weighted by Crippen LogP contribution is -2.61. The Kier molecular flexibility index (Phi) is 20.8. The molecule has 5 rings (SSSR count). The molecule has 384 valence electrons. The van der Waals surface area contributed by atoms with Gasteiger partial charge in [-0.3, -0.25) is 19.2 Å². The number of aliphatic hydroxyl groups is 2. The molecule has 3 aliphatic heterocycles. The third kappa shape index (κ3) is 14.2. The highest BCUT2D eigenvalue weighted by atomic mass is 16.6. The van der Waals surface area contributed by atoms with E-state index in [9.17, 15) is 34.2 Å². The van der Waals surface area contributed by atoms with Crippen molar-refractivity contribution >= 4 is 29.2 Å². The number of nitrogens with zero attached hydrogens (tertiary/aromatic N) is 5. The summed E-state index contributed by atoms with van der Waals surface area (Å²) in [6.07, 6.45) is 13.9. The highest BCUT2D eigenvalue weighted by Gasteiger charge is 2.53. The van der Waals surface area contributed by atoms with Gasteiger partial charge >= 0.3 is 5.97 Å². The van der Waals surface area contributed by atoms with Crippen molar-refractivity contribution in [3.05, 3.63) is 53.9 Å². The molecule has 1 aromatic rings. The average Bonchev–Trinajstić information content (AvgIpc) is 3.88. The second kappa shape index (κ2) is 25.7. The number of aliphatic hydroxyl groups excluding tert-OH is 1. The molecule has 17 nitrogen and oxygen atoms in total. The molecule has 2 saturated heterocycles. The zero-order valence-corrected chi connectivity index (χ0v) is 42.5. The van der Waals surface area contributed by atoms with Gasteiger partial charge in [0.25, 0.3) is 11.7 Å². The van der Waals surface area contributed by atoms with Crippen LogP contribution in [0.1, 0.15) is 132 Å². The minimum atomic E-state index is -2.43. The molecule has 0 radical (unpaired) electrons. The van der Waals surface area contributed by atoms with Gasteiger partial charge in [0.1, 0.15) is 36.5 Å². The number of cyclic esters (lactones) is 1. The van der Waals surface area contributed by atoms with Crippen molar-refractivity contribution in [3.63, 3.8) is 0 Å². The first kappa shape index (κ1) is 55.7. The van der Waals surface area contributed by atoms with Crippen LogP contribution in [0.4, 0.5) is 0 Å². The predicted molar refractivity (Wildman–Crippen MR) is 256 cm³/mol. The Bertz CT molecular complexity index is 2020. The van der Waals surface area contributed by atoms with Gasteiger partial charge in [0, 0.05) is 58.5 Å². The van der Waals surface area contributed by atoms with E-state index in [0.717, 1.165) is 18.4 Å². The van der Waals surface area contributed by atoms with Gasteiger partial charge in [-0.2, -0.15) is 0 Å². The Balaban J connectivity index is 1.46. The first-order valence-electron chi connectivity index (χ1n) is 25.0. The van der Waals surface area contributed by atoms with E-state index in [2.05, 4.69) is 15.5 Å². The summed E-state index contributed by atoms with van der Waals surface area (Å²) in [5, 5.41) is 35.2. The van der Waals surface area contributed by atoms with E-state index in [4.69, 9.17) is 23.7 Å². The molecule has 69 heavy (non-hydrogen) atoms. The molecule has 2 N–H and O–H groups in total. The lowest BCUT2D eigenvalue weighted by molar-refractivity contribution is -0.265. The fourth-order valence-electron chi connectivity index (χ4n) is 10.7. The van der Waals surface area contributed by atoms with Crippen LogP contribution in [0.5, 0.6) is 0 Å². The zero-order valence-electron chi connectivity index (χ0n) is 42.5. The van der Waals surface area contributed by atoms with E-state index in [0.29, 0.717) is 56.9 Å². The van der Waals surface area contributed by atoms with Crippen LogP contribution in [0.15, 0.2) is 53.9 Å². The number of allylic oxidation sites excluding steroid dienone is 6. The van der Waals surface area contributed by atoms with Crippen molar-refractivity contribution in [2.24, 2.45) is 35.5 Å². The van der Waals surface area contributed by atoms with Gasteiger partial charge < -0.3 is 38.8 Å². The van der Waals surface area contributed by atoms with Crippen LogP contribution in [-0.4, -0.2) is 141 Å². The van der Waals surface area contributed by atoms with E-state index in [1.165, 1.54) is 12.0 Å². The number of methoxy groups -OCH3 is 3. The zero-order chi connectivity index (χ0) is 50.6. The fourth-order valence-corrected chi connectivity index (χ4v) is 10.7. The molecule has 1 aromatic heterocycles. The molecule has 2 bridgehead atoms. The Hall–Kier alpha value is -4.26. The van der Waals surface area contributed by atoms with E-state index < -0.39 is 77.8 Å². The number of hydrogen-bond acceptors (Lipinski definition) is 15. The van der Waals surface area contributed by atoms with Crippen molar-refractivity contribution in [1.29, 1.82) is 0 Å². The molecule has 1 saturated carbocycles. The predicted octanol–water partition coefficient (Wildman–Crippen LogP) is 6.05. The van der Waals surface area contributed by atoms with Crippen LogP contribution >= 0.6 is 0 Å². The highest BCUT2D eigenvalue weighted by Crippen LogP contribution is 2.39. The molecular formula is C52H79N5O12. The second-order valence-electron chi connectivity index (χ2n) is 20.4. The van der Waals surface area contributed by atoms with Crippen LogP contribution in [0.2, 0.25) is 0 Å². The maximum absolute atomic E-state index is 14.5. The van der Waals surface area contributed by atoms with Gasteiger partial charge in [-0.25, -0.2) is 9.48 Å². The number of fused-ring (bicyclic) bond motifs is 3. The number of carbonyl (C=O) groups excluding carboxylic acids is 5. The molecule has 4 heterocycles. The molecule has 1 aliphatic carbocycles. The molecule has 4 aliphatic rings. The van der Waals surface area contributed by atoms with Crippen molar-refractivity contribution in [1.82, 2.24) is 25.1 Å². The number of hydrogen-bond donors (Lipinski definition) is 2. The molecule has 5 unspecified atom stereocenters. The summed E-state index contributed by atoms with van der Waals surface area (Å²) in [6.45, 7) is 12.8. The Morgan fingerprint density at radius 1 is 0.884 bits per heavy atom. The Labute approximate surface area is 408 Å². The lowest BCUT2D eigenvalue weighted by Gasteiger charge is -2.42. The maximum Gasteiger partial charge on any atom is 0.329 e. The summed E-state index contributed by atoms with van der Waals surface area (Å²) in [7, 11) is 4.62. The number of carbonyl (C=O) groups is 5. The van der Waals surface area contributed by atoms with Gasteiger partial charge in [0.15, 0.2) is 5.78 Å². The monoisotopic (exact) mass is 966 g/mol. The fraction of sp³-hybridized carbons (Fsp3) is 0.731. The van der Waals surface area contributed by atoms with Gasteiger partial charge in [0.2, 0.25) is 5.79 Å². The first-order valence-corrected chi connectivity index (χ1v) is 25.0. The summed E-state index contributed by atoms with van der Waals surface area (Å²) in [5.74, 6) is -7.92. The van der Waals surface area contributed by atoms with Crippen LogP contribution in [0.3, 0.4) is 0 Å². The molecule has 0 aromatic carbocycles. The molecule has 0 spiro atoms. The van der Waals surface area contributed by atoms with Crippen LogP contribution in [0.25, 0.3) is 0 Å². The highest BCUT2D eigenvalue weighted by molar-refractivity contribution is 6.39. The first-order chi connectivity index (χ1) is 32.8. The van der Waals surface area contributed by atoms with Gasteiger partial charge in [-0.15, -0.1) is 5.10 Å². The van der Waals surface area contributed by atoms with Crippen LogP contribution in [-0.2, 0) is 47.7 Å². The summed E-state index contributed by atoms with van der Waals surface area (Å²) in [5.41, 5.74) is 1.27. The third-order valence-corrected chi connectivity index (χ3v) is 15.2. The topological polar surface area (TPSA) is 219 Å². The number of ketones is 3. The van der Waals surface area contributed by atoms with Crippen molar-refractivity contribution in [3.8, 4) is 0 Å². The van der Waals surface area contributed by atoms with Crippen molar-refractivity contribution < 1.29 is 57.9 Å². The lowest BCUT2D eigenvalue weighted by atomic mass is 9.77. The standard InChI is InChI=1S/C52H79N5O12/c1-31-16-12-11-13-17-32(2)43(65-8)28-39-21-19-37(7)52(64,69-39)49(61)50(62)56-23-15-14-18-41(56)51(63)68-44(34(4)26-38-20-22-40(45(27-38)66-9)57-30-53-54-55-57)29-42(58)33(3)25-36(6)47(60)48(67-10)46(59)35(5)24-31/h11-13,16-17,25,30-31,33-35,37-41,43-45,47-48,60,64H,14-15,18-24,26-29H2,1-10H3/b13-11+,16-12+,32-17+,36-25+/t31-,33-,34-,35+,37?,38?,39+,40+,41+,43+,44+,45?,47-,48?,52?/m1/s1. The number of tetrazole rings is 1. The molecule has 3 fully saturated rings. The van der Waals surface area contributed by atoms with E-state index in [-0.39, 0.29) is 60.9 Å². The van der Waals surface area contributed by atoms with Crippen molar-refractivity contribution in [2.75, 3.05) is 27.9 Å². The minimum absolute atomic E-state index is 0.0170. The van der Waals surface area contributed by atoms with Gasteiger partial charge in [-0.1, -0.05) is 71.1 Å². The molecule has 1 amide bonds. The summed E-state index contributed by atoms with van der Waals surface area (Å²) >= 11 is 0. The maximum atomic E-state index is 14.5. The second-order valence-corrected chi connectivity index (χ2v) is 20.4. The molecule has 15 atom stereocenters. The Morgan fingerprint density at radius 3 is 2.32 bits per heavy atom.